The van der Waals surface area contributed by atoms with E-state index in [-0.39, 0.29) is 18.2 Å². The minimum atomic E-state index is -1.45. The van der Waals surface area contributed by atoms with E-state index in [1.807, 2.05) is 6.07 Å². The van der Waals surface area contributed by atoms with E-state index in [0.29, 0.717) is 0 Å². The molecule has 5 rings (SSSR count). The molecule has 2 aliphatic heterocycles. The number of carbonyl (C=O) groups is 1. The molecule has 4 heterocycles. The first kappa shape index (κ1) is 16.8. The molecule has 2 aromatic rings. The van der Waals surface area contributed by atoms with Crippen molar-refractivity contribution < 1.29 is 9.18 Å². The molecule has 1 saturated carbocycles. The zero-order chi connectivity index (χ0) is 18.4. The van der Waals surface area contributed by atoms with Gasteiger partial charge in [0, 0.05) is 37.8 Å². The Morgan fingerprint density at radius 2 is 1.96 bits per heavy atom. The zero-order valence-electron chi connectivity index (χ0n) is 14.9. The van der Waals surface area contributed by atoms with Gasteiger partial charge in [0.05, 0.1) is 17.8 Å². The quantitative estimate of drug-likeness (QED) is 0.801. The lowest BCUT2D eigenvalue weighted by Gasteiger charge is -2.44. The van der Waals surface area contributed by atoms with Crippen LogP contribution in [-0.2, 0) is 4.79 Å². The molecule has 142 valence electrons. The largest absolute Gasteiger partial charge is 0.353 e. The number of hydrogen-bond acceptors (Lipinski definition) is 7. The fraction of sp³-hybridized carbons (Fsp3) is 0.556. The van der Waals surface area contributed by atoms with E-state index in [4.69, 9.17) is 0 Å². The van der Waals surface area contributed by atoms with E-state index in [1.165, 1.54) is 0 Å². The Morgan fingerprint density at radius 3 is 2.74 bits per heavy atom. The molecule has 3 unspecified atom stereocenters. The first-order valence-electron chi connectivity index (χ1n) is 9.45. The van der Waals surface area contributed by atoms with Gasteiger partial charge in [0.25, 0.3) is 5.91 Å². The predicted octanol–water partition coefficient (Wildman–Crippen LogP) is 0.267. The molecule has 0 radical (unpaired) electrons. The molecule has 3 fully saturated rings. The highest BCUT2D eigenvalue weighted by atomic mass is 19.1. The van der Waals surface area contributed by atoms with Gasteiger partial charge >= 0.3 is 0 Å². The number of amides is 1. The van der Waals surface area contributed by atoms with Gasteiger partial charge in [-0.1, -0.05) is 0 Å². The highest BCUT2D eigenvalue weighted by molar-refractivity contribution is 5.88. The maximum absolute atomic E-state index is 14.2. The SMILES string of the molecule is O=C1NC(N2CCN(c3ncnc4cnccc34)CC2)NC(C2CC2)C1F. The highest BCUT2D eigenvalue weighted by Gasteiger charge is 2.46. The lowest BCUT2D eigenvalue weighted by atomic mass is 10.0. The van der Waals surface area contributed by atoms with Crippen molar-refractivity contribution in [1.82, 2.24) is 30.5 Å². The van der Waals surface area contributed by atoms with Crippen LogP contribution in [0.2, 0.25) is 0 Å². The van der Waals surface area contributed by atoms with E-state index < -0.39 is 12.1 Å². The Hall–Kier alpha value is -2.39. The Balaban J connectivity index is 1.28. The van der Waals surface area contributed by atoms with Crippen LogP contribution in [0.25, 0.3) is 10.9 Å². The second-order valence-electron chi connectivity index (χ2n) is 7.46. The topological polar surface area (TPSA) is 86.3 Å². The van der Waals surface area contributed by atoms with E-state index in [9.17, 15) is 9.18 Å². The second kappa shape index (κ2) is 6.65. The average Bonchev–Trinajstić information content (AvgIpc) is 3.55. The summed E-state index contributed by atoms with van der Waals surface area (Å²) in [6.07, 6.45) is 5.31. The molecule has 3 atom stereocenters. The molecule has 1 aliphatic carbocycles. The summed E-state index contributed by atoms with van der Waals surface area (Å²) in [5.74, 6) is 0.700. The molecule has 0 spiro atoms. The number of piperazine rings is 1. The molecule has 0 bridgehead atoms. The van der Waals surface area contributed by atoms with Crippen molar-refractivity contribution in [3.63, 3.8) is 0 Å². The van der Waals surface area contributed by atoms with Crippen LogP contribution < -0.4 is 15.5 Å². The van der Waals surface area contributed by atoms with Crippen LogP contribution in [0.4, 0.5) is 10.2 Å². The number of alkyl halides is 1. The van der Waals surface area contributed by atoms with Crippen LogP contribution in [0.15, 0.2) is 24.8 Å². The molecular formula is C18H22FN7O. The predicted molar refractivity (Wildman–Crippen MR) is 97.6 cm³/mol. The number of rotatable bonds is 3. The molecule has 9 heteroatoms. The van der Waals surface area contributed by atoms with E-state index in [2.05, 4.69) is 35.4 Å². The molecule has 2 N–H and O–H groups in total. The number of nitrogens with zero attached hydrogens (tertiary/aromatic N) is 5. The summed E-state index contributed by atoms with van der Waals surface area (Å²) in [6, 6.07) is 1.57. The maximum Gasteiger partial charge on any atom is 0.258 e. The molecule has 2 aromatic heterocycles. The summed E-state index contributed by atoms with van der Waals surface area (Å²) < 4.78 is 14.2. The van der Waals surface area contributed by atoms with Crippen molar-refractivity contribution in [3.8, 4) is 0 Å². The van der Waals surface area contributed by atoms with Crippen LogP contribution in [0, 0.1) is 5.92 Å². The molecule has 0 aromatic carbocycles. The fourth-order valence-electron chi connectivity index (χ4n) is 4.05. The van der Waals surface area contributed by atoms with Gasteiger partial charge in [-0.05, 0) is 24.8 Å². The molecule has 27 heavy (non-hydrogen) atoms. The summed E-state index contributed by atoms with van der Waals surface area (Å²) >= 11 is 0. The summed E-state index contributed by atoms with van der Waals surface area (Å²) in [5, 5.41) is 7.08. The molecule has 8 nitrogen and oxygen atoms in total. The first-order chi connectivity index (χ1) is 13.2. The first-order valence-corrected chi connectivity index (χ1v) is 9.45. The lowest BCUT2D eigenvalue weighted by molar-refractivity contribution is -0.134. The van der Waals surface area contributed by atoms with Gasteiger partial charge < -0.3 is 10.2 Å². The lowest BCUT2D eigenvalue weighted by Crippen LogP contribution is -2.70. The van der Waals surface area contributed by atoms with Gasteiger partial charge in [0.15, 0.2) is 6.17 Å². The minimum absolute atomic E-state index is 0.288. The molecule has 1 amide bonds. The third-order valence-corrected chi connectivity index (χ3v) is 5.72. The molecule has 3 aliphatic rings. The van der Waals surface area contributed by atoms with Crippen molar-refractivity contribution in [2.45, 2.75) is 31.3 Å². The minimum Gasteiger partial charge on any atom is -0.353 e. The highest BCUT2D eigenvalue weighted by Crippen LogP contribution is 2.36. The van der Waals surface area contributed by atoms with Crippen molar-refractivity contribution in [2.75, 3.05) is 31.1 Å². The Kier molecular flexibility index (Phi) is 4.13. The number of anilines is 1. The van der Waals surface area contributed by atoms with Crippen LogP contribution in [0.5, 0.6) is 0 Å². The normalized spacial score (nSPS) is 29.7. The molecular weight excluding hydrogens is 349 g/mol. The van der Waals surface area contributed by atoms with Crippen molar-refractivity contribution in [1.29, 1.82) is 0 Å². The fourth-order valence-corrected chi connectivity index (χ4v) is 4.05. The number of fused-ring (bicyclic) bond motifs is 1. The average molecular weight is 371 g/mol. The van der Waals surface area contributed by atoms with Crippen molar-refractivity contribution >= 4 is 22.6 Å². The zero-order valence-corrected chi connectivity index (χ0v) is 14.9. The Bertz CT molecular complexity index is 847. The number of pyridine rings is 1. The van der Waals surface area contributed by atoms with Crippen LogP contribution in [0.1, 0.15) is 12.8 Å². The number of aromatic nitrogens is 3. The van der Waals surface area contributed by atoms with Gasteiger partial charge in [0.1, 0.15) is 18.4 Å². The smallest absolute Gasteiger partial charge is 0.258 e. The van der Waals surface area contributed by atoms with Gasteiger partial charge in [-0.25, -0.2) is 14.4 Å². The standard InChI is InChI=1S/C18H22FN7O/c19-14-15(11-1-2-11)23-18(24-17(14)27)26-7-5-25(6-8-26)16-12-3-4-20-9-13(12)21-10-22-16/h3-4,9-11,14-15,18,23H,1-2,5-8H2,(H,24,27). The number of hydrogen-bond donors (Lipinski definition) is 2. The van der Waals surface area contributed by atoms with Crippen LogP contribution in [0.3, 0.4) is 0 Å². The second-order valence-corrected chi connectivity index (χ2v) is 7.46. The number of halogens is 1. The monoisotopic (exact) mass is 371 g/mol. The van der Waals surface area contributed by atoms with E-state index >= 15 is 0 Å². The Labute approximate surface area is 156 Å². The van der Waals surface area contributed by atoms with Crippen LogP contribution in [-0.4, -0.2) is 70.4 Å². The van der Waals surface area contributed by atoms with E-state index in [0.717, 1.165) is 55.7 Å². The third-order valence-electron chi connectivity index (χ3n) is 5.72. The van der Waals surface area contributed by atoms with Gasteiger partial charge in [-0.2, -0.15) is 0 Å². The maximum atomic E-state index is 14.2. The van der Waals surface area contributed by atoms with Gasteiger partial charge in [0.2, 0.25) is 0 Å². The van der Waals surface area contributed by atoms with E-state index in [1.54, 1.807) is 18.7 Å². The Morgan fingerprint density at radius 1 is 1.15 bits per heavy atom. The number of carbonyl (C=O) groups excluding carboxylic acids is 1. The van der Waals surface area contributed by atoms with Gasteiger partial charge in [-0.3, -0.25) is 20.0 Å². The summed E-state index contributed by atoms with van der Waals surface area (Å²) in [6.45, 7) is 3.05. The summed E-state index contributed by atoms with van der Waals surface area (Å²) in [4.78, 5) is 29.3. The van der Waals surface area contributed by atoms with Gasteiger partial charge in [-0.15, -0.1) is 0 Å². The summed E-state index contributed by atoms with van der Waals surface area (Å²) in [7, 11) is 0. The molecule has 2 saturated heterocycles. The van der Waals surface area contributed by atoms with Crippen molar-refractivity contribution in [2.24, 2.45) is 5.92 Å². The van der Waals surface area contributed by atoms with Crippen molar-refractivity contribution in [3.05, 3.63) is 24.8 Å². The summed E-state index contributed by atoms with van der Waals surface area (Å²) in [5.41, 5.74) is 0.826. The van der Waals surface area contributed by atoms with Crippen LogP contribution >= 0.6 is 0 Å². The third kappa shape index (κ3) is 3.10. The number of nitrogens with one attached hydrogen (secondary N) is 2.